The van der Waals surface area contributed by atoms with Crippen LogP contribution in [0.25, 0.3) is 0 Å². The molecular formula is C15H20N2O3. The van der Waals surface area contributed by atoms with Crippen molar-refractivity contribution in [1.82, 2.24) is 0 Å². The van der Waals surface area contributed by atoms with Gasteiger partial charge in [0.1, 0.15) is 0 Å². The minimum Gasteiger partial charge on any atom is -0.478 e. The highest BCUT2D eigenvalue weighted by atomic mass is 16.4. The van der Waals surface area contributed by atoms with Gasteiger partial charge in [-0.15, -0.1) is 0 Å². The lowest BCUT2D eigenvalue weighted by atomic mass is 10.0. The van der Waals surface area contributed by atoms with Gasteiger partial charge in [0, 0.05) is 24.7 Å². The second-order valence-corrected chi connectivity index (χ2v) is 5.56. The molecule has 0 bridgehead atoms. The number of carboxylic acids is 1. The van der Waals surface area contributed by atoms with Gasteiger partial charge in [-0.2, -0.15) is 0 Å². The van der Waals surface area contributed by atoms with Crippen molar-refractivity contribution < 1.29 is 14.7 Å². The van der Waals surface area contributed by atoms with Gasteiger partial charge in [0.2, 0.25) is 5.91 Å². The summed E-state index contributed by atoms with van der Waals surface area (Å²) >= 11 is 0. The van der Waals surface area contributed by atoms with Gasteiger partial charge in [0.15, 0.2) is 0 Å². The number of anilines is 1. The number of carboxylic acid groups (broad SMARTS) is 1. The smallest absolute Gasteiger partial charge is 0.335 e. The predicted octanol–water partition coefficient (Wildman–Crippen LogP) is 1.65. The van der Waals surface area contributed by atoms with Gasteiger partial charge in [-0.3, -0.25) is 4.79 Å². The summed E-state index contributed by atoms with van der Waals surface area (Å²) in [5.74, 6) is -0.678. The van der Waals surface area contributed by atoms with Crippen molar-refractivity contribution >= 4 is 17.6 Å². The molecule has 1 aliphatic rings. The van der Waals surface area contributed by atoms with Crippen molar-refractivity contribution in [2.45, 2.75) is 32.7 Å². The van der Waals surface area contributed by atoms with E-state index >= 15 is 0 Å². The summed E-state index contributed by atoms with van der Waals surface area (Å²) in [6, 6.07) is 4.75. The summed E-state index contributed by atoms with van der Waals surface area (Å²) in [6.45, 7) is 4.59. The first-order valence-corrected chi connectivity index (χ1v) is 6.82. The Labute approximate surface area is 118 Å². The van der Waals surface area contributed by atoms with Crippen LogP contribution in [0.4, 0.5) is 5.69 Å². The van der Waals surface area contributed by atoms with Crippen molar-refractivity contribution in [1.29, 1.82) is 0 Å². The SMILES string of the molecule is CC(C)C(N)CC(=O)N1CCc2cc(C(=O)O)ccc21. The number of carbonyl (C=O) groups is 2. The first kappa shape index (κ1) is 14.5. The summed E-state index contributed by atoms with van der Waals surface area (Å²) in [6.07, 6.45) is 1.01. The first-order chi connectivity index (χ1) is 9.40. The number of hydrogen-bond acceptors (Lipinski definition) is 3. The minimum absolute atomic E-state index is 0.00743. The molecule has 0 spiro atoms. The number of nitrogens with two attached hydrogens (primary N) is 1. The third-order valence-corrected chi connectivity index (χ3v) is 3.79. The van der Waals surface area contributed by atoms with Crippen LogP contribution in [-0.2, 0) is 11.2 Å². The molecule has 3 N–H and O–H groups in total. The van der Waals surface area contributed by atoms with Crippen molar-refractivity contribution in [2.75, 3.05) is 11.4 Å². The summed E-state index contributed by atoms with van der Waals surface area (Å²) in [5, 5.41) is 8.97. The Kier molecular flexibility index (Phi) is 4.09. The van der Waals surface area contributed by atoms with Crippen molar-refractivity contribution in [3.8, 4) is 0 Å². The molecule has 1 heterocycles. The van der Waals surface area contributed by atoms with Crippen LogP contribution in [0.1, 0.15) is 36.2 Å². The number of benzene rings is 1. The molecule has 1 amide bonds. The summed E-state index contributed by atoms with van der Waals surface area (Å²) in [4.78, 5) is 24.9. The maximum absolute atomic E-state index is 12.3. The summed E-state index contributed by atoms with van der Waals surface area (Å²) in [5.41, 5.74) is 7.93. The number of amides is 1. The second-order valence-electron chi connectivity index (χ2n) is 5.56. The summed E-state index contributed by atoms with van der Waals surface area (Å²) in [7, 11) is 0. The maximum Gasteiger partial charge on any atom is 0.335 e. The van der Waals surface area contributed by atoms with Gasteiger partial charge in [-0.25, -0.2) is 4.79 Å². The van der Waals surface area contributed by atoms with Gasteiger partial charge in [-0.1, -0.05) is 13.8 Å². The highest BCUT2D eigenvalue weighted by Crippen LogP contribution is 2.29. The largest absolute Gasteiger partial charge is 0.478 e. The minimum atomic E-state index is -0.945. The molecule has 0 aromatic heterocycles. The number of aromatic carboxylic acids is 1. The predicted molar refractivity (Wildman–Crippen MR) is 76.9 cm³/mol. The van der Waals surface area contributed by atoms with Crippen LogP contribution >= 0.6 is 0 Å². The zero-order chi connectivity index (χ0) is 14.9. The highest BCUT2D eigenvalue weighted by molar-refractivity contribution is 5.97. The zero-order valence-electron chi connectivity index (χ0n) is 11.8. The van der Waals surface area contributed by atoms with Crippen LogP contribution in [0.3, 0.4) is 0 Å². The average Bonchev–Trinajstić information content (AvgIpc) is 2.81. The van der Waals surface area contributed by atoms with Crippen molar-refractivity contribution in [3.63, 3.8) is 0 Å². The van der Waals surface area contributed by atoms with E-state index in [9.17, 15) is 9.59 Å². The Morgan fingerprint density at radius 1 is 1.40 bits per heavy atom. The zero-order valence-corrected chi connectivity index (χ0v) is 11.8. The molecule has 108 valence electrons. The number of nitrogens with zero attached hydrogens (tertiary/aromatic N) is 1. The van der Waals surface area contributed by atoms with Crippen molar-refractivity contribution in [3.05, 3.63) is 29.3 Å². The number of hydrogen-bond donors (Lipinski definition) is 2. The fourth-order valence-electron chi connectivity index (χ4n) is 2.34. The molecule has 0 saturated carbocycles. The maximum atomic E-state index is 12.3. The van der Waals surface area contributed by atoms with E-state index in [1.165, 1.54) is 6.07 Å². The molecule has 2 rings (SSSR count). The van der Waals surface area contributed by atoms with Crippen LogP contribution in [0.2, 0.25) is 0 Å². The van der Waals surface area contributed by atoms with E-state index in [0.717, 1.165) is 11.3 Å². The quantitative estimate of drug-likeness (QED) is 0.875. The van der Waals surface area contributed by atoms with E-state index < -0.39 is 5.97 Å². The van der Waals surface area contributed by atoms with Crippen LogP contribution in [0.5, 0.6) is 0 Å². The van der Waals surface area contributed by atoms with Gasteiger partial charge in [-0.05, 0) is 36.1 Å². The average molecular weight is 276 g/mol. The van der Waals surface area contributed by atoms with Crippen LogP contribution in [0.15, 0.2) is 18.2 Å². The van der Waals surface area contributed by atoms with Gasteiger partial charge >= 0.3 is 5.97 Å². The van der Waals surface area contributed by atoms with E-state index in [0.29, 0.717) is 19.4 Å². The number of carbonyl (C=O) groups excluding carboxylic acids is 1. The molecule has 0 aliphatic carbocycles. The molecule has 1 atom stereocenters. The molecule has 0 radical (unpaired) electrons. The van der Waals surface area contributed by atoms with Crippen LogP contribution in [-0.4, -0.2) is 29.6 Å². The second kappa shape index (κ2) is 5.63. The van der Waals surface area contributed by atoms with Gasteiger partial charge in [0.25, 0.3) is 0 Å². The van der Waals surface area contributed by atoms with Gasteiger partial charge in [0.05, 0.1) is 5.56 Å². The first-order valence-electron chi connectivity index (χ1n) is 6.82. The monoisotopic (exact) mass is 276 g/mol. The van der Waals surface area contributed by atoms with Crippen molar-refractivity contribution in [2.24, 2.45) is 11.7 Å². The van der Waals surface area contributed by atoms with Crippen LogP contribution in [0, 0.1) is 5.92 Å². The molecule has 5 nitrogen and oxygen atoms in total. The molecule has 1 aromatic rings. The third-order valence-electron chi connectivity index (χ3n) is 3.79. The molecule has 1 aliphatic heterocycles. The fraction of sp³-hybridized carbons (Fsp3) is 0.467. The molecule has 1 unspecified atom stereocenters. The topological polar surface area (TPSA) is 83.6 Å². The summed E-state index contributed by atoms with van der Waals surface area (Å²) < 4.78 is 0. The standard InChI is InChI=1S/C15H20N2O3/c1-9(2)12(16)8-14(18)17-6-5-10-7-11(15(19)20)3-4-13(10)17/h3-4,7,9,12H,5-6,8,16H2,1-2H3,(H,19,20). The molecule has 1 aromatic carbocycles. The molecule has 20 heavy (non-hydrogen) atoms. The Hall–Kier alpha value is -1.88. The Morgan fingerprint density at radius 2 is 2.10 bits per heavy atom. The van der Waals surface area contributed by atoms with E-state index in [2.05, 4.69) is 0 Å². The Bertz CT molecular complexity index is 540. The van der Waals surface area contributed by atoms with E-state index in [1.807, 2.05) is 13.8 Å². The Morgan fingerprint density at radius 3 is 2.70 bits per heavy atom. The lowest BCUT2D eigenvalue weighted by Crippen LogP contribution is -2.37. The van der Waals surface area contributed by atoms with Gasteiger partial charge < -0.3 is 15.7 Å². The van der Waals surface area contributed by atoms with E-state index in [-0.39, 0.29) is 23.4 Å². The number of rotatable bonds is 4. The van der Waals surface area contributed by atoms with E-state index in [1.54, 1.807) is 17.0 Å². The lowest BCUT2D eigenvalue weighted by Gasteiger charge is -2.21. The lowest BCUT2D eigenvalue weighted by molar-refractivity contribution is -0.119. The molecule has 0 fully saturated rings. The number of fused-ring (bicyclic) bond motifs is 1. The molecule has 0 saturated heterocycles. The molecular weight excluding hydrogens is 256 g/mol. The van der Waals surface area contributed by atoms with E-state index in [4.69, 9.17) is 10.8 Å². The van der Waals surface area contributed by atoms with Crippen LogP contribution < -0.4 is 10.6 Å². The third kappa shape index (κ3) is 2.82. The fourth-order valence-corrected chi connectivity index (χ4v) is 2.34. The normalized spacial score (nSPS) is 15.3. The highest BCUT2D eigenvalue weighted by Gasteiger charge is 2.27. The Balaban J connectivity index is 2.16. The molecule has 5 heteroatoms.